The van der Waals surface area contributed by atoms with Gasteiger partial charge < -0.3 is 78.5 Å². The highest BCUT2D eigenvalue weighted by atomic mass is 32.2. The maximum atomic E-state index is 16.0. The second-order valence-corrected chi connectivity index (χ2v) is 31.8. The van der Waals surface area contributed by atoms with E-state index >= 15 is 37.5 Å². The number of hydrogen-bond donors (Lipinski definition) is 14. The lowest BCUT2D eigenvalue weighted by Gasteiger charge is -2.41. The van der Waals surface area contributed by atoms with E-state index < -0.39 is 137 Å². The molecule has 4 aliphatic rings. The molecule has 7 aromatic rings. The summed E-state index contributed by atoms with van der Waals surface area (Å²) in [7, 11) is 0. The number of aliphatic carboxylic acids is 1. The highest BCUT2D eigenvalue weighted by Crippen LogP contribution is 2.50. The predicted molar refractivity (Wildman–Crippen MR) is 416 cm³/mol. The van der Waals surface area contributed by atoms with Gasteiger partial charge in [-0.05, 0) is 154 Å². The van der Waals surface area contributed by atoms with Gasteiger partial charge in [0.2, 0.25) is 53.2 Å². The van der Waals surface area contributed by atoms with Gasteiger partial charge in [0.15, 0.2) is 0 Å². The van der Waals surface area contributed by atoms with Crippen LogP contribution in [0.4, 0.5) is 14.5 Å². The molecule has 31 heteroatoms. The second-order valence-electron chi connectivity index (χ2n) is 29.5. The Labute approximate surface area is 645 Å². The summed E-state index contributed by atoms with van der Waals surface area (Å²) in [5, 5.41) is 37.6. The first kappa shape index (κ1) is 81.1. The number of thioether (sulfide) groups is 2. The number of imidazole rings is 1. The van der Waals surface area contributed by atoms with Crippen LogP contribution >= 0.6 is 23.5 Å². The van der Waals surface area contributed by atoms with E-state index in [-0.39, 0.29) is 57.7 Å². The molecule has 2 fully saturated rings. The molecule has 11 rings (SSSR count). The molecule has 1 saturated heterocycles. The first-order valence-corrected chi connectivity index (χ1v) is 40.4. The third kappa shape index (κ3) is 20.8. The van der Waals surface area contributed by atoms with Crippen molar-refractivity contribution in [3.63, 3.8) is 0 Å². The van der Waals surface area contributed by atoms with Gasteiger partial charge in [0, 0.05) is 126 Å². The van der Waals surface area contributed by atoms with E-state index in [1.54, 1.807) is 61.0 Å². The minimum Gasteiger partial charge on any atom is -0.481 e. The SMILES string of the molecule is C[C@H]1NC(=O)[C@H](CCCCN)NC(=O)CCSCc2cccc(c2)CSCCNC(=O)[C@]2(C)CCCN2C(=O)[C@H](Cc2c[nH]c3ncccc23)NC(=O)[C@H](Cc2cnc[nH]2)NC(=O)[C@H](CC(=O)O)NC(=O)[C@H](Cc2c[nH]c3ccc(F)cc23)NC(=O)[C@H](CC2(C3CCCCCCCC3)CNc3ccc(F)cc32)NC1=O. The van der Waals surface area contributed by atoms with E-state index in [2.05, 4.69) is 78.8 Å². The number of aromatic amines is 3. The average Bonchev–Trinajstić information content (AvgIpc) is 1.58. The summed E-state index contributed by atoms with van der Waals surface area (Å²) < 4.78 is 31.2. The van der Waals surface area contributed by atoms with Crippen molar-refractivity contribution in [3.05, 3.63) is 149 Å². The number of fused-ring (bicyclic) bond motifs is 6. The van der Waals surface area contributed by atoms with Gasteiger partial charge in [-0.1, -0.05) is 62.8 Å². The van der Waals surface area contributed by atoms with Crippen LogP contribution in [0.15, 0.2) is 104 Å². The first-order valence-electron chi connectivity index (χ1n) is 38.1. The minimum absolute atomic E-state index is 0.0614. The summed E-state index contributed by atoms with van der Waals surface area (Å²) in [6.45, 7) is 4.06. The number of H-pyrrole nitrogens is 3. The number of carbonyl (C=O) groups excluding carboxylic acids is 9. The Morgan fingerprint density at radius 2 is 1.29 bits per heavy atom. The summed E-state index contributed by atoms with van der Waals surface area (Å²) in [5.74, 6) is -7.90. The van der Waals surface area contributed by atoms with Crippen LogP contribution in [0.5, 0.6) is 0 Å². The number of rotatable bonds is 15. The Morgan fingerprint density at radius 1 is 0.645 bits per heavy atom. The molecule has 3 aromatic carbocycles. The fourth-order valence-electron chi connectivity index (χ4n) is 15.8. The molecular formula is C79H100F2N16O11S2. The molecule has 7 heterocycles. The van der Waals surface area contributed by atoms with Crippen LogP contribution in [-0.2, 0) is 84.1 Å². The van der Waals surface area contributed by atoms with Crippen molar-refractivity contribution in [1.29, 1.82) is 0 Å². The third-order valence-corrected chi connectivity index (χ3v) is 23.8. The van der Waals surface area contributed by atoms with Crippen LogP contribution < -0.4 is 53.6 Å². The van der Waals surface area contributed by atoms with E-state index in [4.69, 9.17) is 5.73 Å². The summed E-state index contributed by atoms with van der Waals surface area (Å²) in [4.78, 5) is 168. The summed E-state index contributed by atoms with van der Waals surface area (Å²) in [6.07, 6.45) is 14.2. The quantitative estimate of drug-likeness (QED) is 0.0477. The molecule has 1 saturated carbocycles. The molecule has 4 aromatic heterocycles. The van der Waals surface area contributed by atoms with Gasteiger partial charge in [0.1, 0.15) is 65.1 Å². The van der Waals surface area contributed by atoms with Crippen LogP contribution in [0, 0.1) is 17.6 Å². The Kier molecular flexibility index (Phi) is 28.1. The molecule has 9 atom stereocenters. The summed E-state index contributed by atoms with van der Waals surface area (Å²) >= 11 is 3.15. The average molecular weight is 1550 g/mol. The Morgan fingerprint density at radius 3 is 2.03 bits per heavy atom. The van der Waals surface area contributed by atoms with Gasteiger partial charge in [-0.2, -0.15) is 23.5 Å². The number of pyridine rings is 1. The van der Waals surface area contributed by atoms with Gasteiger partial charge in [-0.3, -0.25) is 47.9 Å². The van der Waals surface area contributed by atoms with Crippen molar-refractivity contribution in [3.8, 4) is 0 Å². The molecule has 15 N–H and O–H groups in total. The van der Waals surface area contributed by atoms with Gasteiger partial charge >= 0.3 is 5.97 Å². The van der Waals surface area contributed by atoms with Crippen LogP contribution in [0.3, 0.4) is 0 Å². The number of benzene rings is 3. The number of hydrogen-bond acceptors (Lipinski definition) is 16. The van der Waals surface area contributed by atoms with E-state index in [0.29, 0.717) is 118 Å². The number of nitrogens with two attached hydrogens (primary N) is 1. The number of nitrogens with zero attached hydrogens (tertiary/aromatic N) is 3. The molecule has 9 amide bonds. The Bertz CT molecular complexity index is 4420. The van der Waals surface area contributed by atoms with Crippen molar-refractivity contribution in [2.45, 2.75) is 201 Å². The Hall–Kier alpha value is -9.88. The smallest absolute Gasteiger partial charge is 0.305 e. The monoisotopic (exact) mass is 1550 g/mol. The van der Waals surface area contributed by atoms with E-state index in [0.717, 1.165) is 49.7 Å². The van der Waals surface area contributed by atoms with Gasteiger partial charge in [0.25, 0.3) is 0 Å². The van der Waals surface area contributed by atoms with Gasteiger partial charge in [-0.15, -0.1) is 0 Å². The standard InChI is InChI=1S/C79H100F2N16O11S2/c1-47-70(101)96-66(39-79(52-16-7-5-3-4-6-8-17-52)45-88-60-23-21-54(81)36-58(60)79)75(106)92-62(33-51-40-86-59-22-20-53(80)35-57(51)59)72(103)94-64(38-68(99)100)74(105)93-63(37-55-42-83-46-89-55)73(104)95-65(34-50-41-87-69-56(50)18-12-27-84-69)76(107)97-29-13-25-78(97,2)77(108)85-28-31-110-44-49-15-11-14-48(32-49)43-109-30-24-67(98)91-61(71(102)90-47)19-9-10-26-82/h11-12,14-15,18,20-23,27,32,35-36,40-42,46-47,52,61-66,86,88H,3-10,13,16-17,19,24-26,28-31,33-34,37-39,43-45,82H2,1-2H3,(H,83,89)(H,84,87)(H,85,108)(H,90,102)(H,91,98)(H,92,106)(H,93,105)(H,94,103)(H,95,104)(H,96,101)(H,99,100)/t47-,61+,62+,63+,64+,65+,66+,78+,79?/m1/s1. The molecule has 3 aliphatic heterocycles. The molecule has 1 unspecified atom stereocenters. The summed E-state index contributed by atoms with van der Waals surface area (Å²) in [5.41, 5.74) is 8.88. The van der Waals surface area contributed by atoms with Gasteiger partial charge in [-0.25, -0.2) is 18.7 Å². The maximum Gasteiger partial charge on any atom is 0.305 e. The zero-order valence-electron chi connectivity index (χ0n) is 62.0. The van der Waals surface area contributed by atoms with Crippen molar-refractivity contribution >= 4 is 110 Å². The molecule has 0 spiro atoms. The number of carbonyl (C=O) groups is 10. The molecule has 0 radical (unpaired) electrons. The van der Waals surface area contributed by atoms with E-state index in [9.17, 15) is 24.3 Å². The topological polar surface area (TPSA) is 402 Å². The fourth-order valence-corrected chi connectivity index (χ4v) is 17.5. The Balaban J connectivity index is 0.956. The van der Waals surface area contributed by atoms with Crippen LogP contribution in [0.2, 0.25) is 0 Å². The lowest BCUT2D eigenvalue weighted by Crippen LogP contribution is -2.62. The van der Waals surface area contributed by atoms with Crippen LogP contribution in [0.1, 0.15) is 150 Å². The van der Waals surface area contributed by atoms with Crippen molar-refractivity contribution in [1.82, 2.24) is 72.4 Å². The molecule has 2 bridgehead atoms. The number of carboxylic acids is 1. The second kappa shape index (κ2) is 38.2. The molecule has 588 valence electrons. The molecule has 1 aliphatic carbocycles. The van der Waals surface area contributed by atoms with Crippen molar-refractivity contribution in [2.24, 2.45) is 11.7 Å². The first-order chi connectivity index (χ1) is 53.1. The van der Waals surface area contributed by atoms with Crippen molar-refractivity contribution < 1.29 is 61.8 Å². The lowest BCUT2D eigenvalue weighted by atomic mass is 9.64. The number of unbranched alkanes of at least 4 members (excludes halogenated alkanes) is 1. The molecular weight excluding hydrogens is 1450 g/mol. The number of aromatic nitrogens is 5. The van der Waals surface area contributed by atoms with E-state index in [1.165, 1.54) is 60.9 Å². The number of anilines is 1. The van der Waals surface area contributed by atoms with Gasteiger partial charge in [0.05, 0.1) is 12.7 Å². The molecule has 110 heavy (non-hydrogen) atoms. The molecule has 27 nitrogen and oxygen atoms in total. The highest BCUT2D eigenvalue weighted by Gasteiger charge is 2.50. The predicted octanol–water partition coefficient (Wildman–Crippen LogP) is 6.66. The minimum atomic E-state index is -2.01. The zero-order chi connectivity index (χ0) is 77.9. The lowest BCUT2D eigenvalue weighted by molar-refractivity contribution is -0.146. The largest absolute Gasteiger partial charge is 0.481 e. The number of carboxylic acid groups (broad SMARTS) is 1. The van der Waals surface area contributed by atoms with E-state index in [1.807, 2.05) is 18.2 Å². The number of halogens is 2. The maximum absolute atomic E-state index is 16.0. The van der Waals surface area contributed by atoms with Crippen LogP contribution in [-0.4, -0.2) is 180 Å². The number of nitrogens with one attached hydrogen (secondary N) is 12. The fraction of sp³-hybridized carbons (Fsp3) is 0.494. The zero-order valence-corrected chi connectivity index (χ0v) is 63.7. The van der Waals surface area contributed by atoms with Crippen molar-refractivity contribution in [2.75, 3.05) is 43.0 Å². The third-order valence-electron chi connectivity index (χ3n) is 21.7. The van der Waals surface area contributed by atoms with Crippen LogP contribution in [0.25, 0.3) is 21.9 Å². The number of amides is 9. The highest BCUT2D eigenvalue weighted by molar-refractivity contribution is 7.98. The summed E-state index contributed by atoms with van der Waals surface area (Å²) in [6, 6.07) is 9.04. The normalized spacial score (nSPS) is 25.0.